The van der Waals surface area contributed by atoms with Crippen LogP contribution >= 0.6 is 35.6 Å². The molecule has 0 aliphatic heterocycles. The van der Waals surface area contributed by atoms with Gasteiger partial charge in [0.2, 0.25) is 0 Å². The van der Waals surface area contributed by atoms with Crippen molar-refractivity contribution < 1.29 is 9.32 Å². The van der Waals surface area contributed by atoms with E-state index in [1.165, 1.54) is 0 Å². The molecular formula is C15H18Cl3N3O2. The van der Waals surface area contributed by atoms with Gasteiger partial charge in [-0.25, -0.2) is 0 Å². The summed E-state index contributed by atoms with van der Waals surface area (Å²) < 4.78 is 5.15. The zero-order valence-electron chi connectivity index (χ0n) is 12.9. The van der Waals surface area contributed by atoms with E-state index in [0.29, 0.717) is 39.2 Å². The van der Waals surface area contributed by atoms with Crippen LogP contribution in [0, 0.1) is 6.92 Å². The summed E-state index contributed by atoms with van der Waals surface area (Å²) in [6.45, 7) is 5.61. The average Bonchev–Trinajstić information content (AvgIpc) is 2.77. The van der Waals surface area contributed by atoms with Crippen LogP contribution in [0.4, 0.5) is 0 Å². The van der Waals surface area contributed by atoms with E-state index in [2.05, 4.69) is 10.5 Å². The zero-order chi connectivity index (χ0) is 16.5. The predicted octanol–water partition coefficient (Wildman–Crippen LogP) is 3.85. The van der Waals surface area contributed by atoms with Gasteiger partial charge < -0.3 is 15.6 Å². The van der Waals surface area contributed by atoms with Gasteiger partial charge in [-0.05, 0) is 32.9 Å². The summed E-state index contributed by atoms with van der Waals surface area (Å²) in [6, 6.07) is 5.08. The van der Waals surface area contributed by atoms with Gasteiger partial charge in [-0.1, -0.05) is 34.4 Å². The fourth-order valence-electron chi connectivity index (χ4n) is 1.93. The first-order valence-electron chi connectivity index (χ1n) is 6.68. The summed E-state index contributed by atoms with van der Waals surface area (Å²) in [5.74, 6) is 0.0570. The molecule has 1 heterocycles. The fraction of sp³-hybridized carbons (Fsp3) is 0.333. The molecule has 0 aliphatic rings. The molecule has 0 spiro atoms. The molecule has 0 bridgehead atoms. The quantitative estimate of drug-likeness (QED) is 0.847. The SMILES string of the molecule is Cc1onc(-c2c(Cl)cccc2Cl)c1C(=O)NCC(C)(C)N.Cl. The standard InChI is InChI=1S/C15H17Cl2N3O2.ClH/c1-8-11(14(21)19-7-15(2,3)18)13(20-22-8)12-9(16)5-4-6-10(12)17;/h4-6H,7,18H2,1-3H3,(H,19,21);1H. The maximum absolute atomic E-state index is 12.4. The van der Waals surface area contributed by atoms with Crippen LogP contribution in [0.15, 0.2) is 22.7 Å². The minimum absolute atomic E-state index is 0. The number of halogens is 3. The second kappa shape index (κ2) is 7.53. The van der Waals surface area contributed by atoms with E-state index in [0.717, 1.165) is 0 Å². The maximum Gasteiger partial charge on any atom is 0.257 e. The van der Waals surface area contributed by atoms with Gasteiger partial charge in [-0.2, -0.15) is 0 Å². The lowest BCUT2D eigenvalue weighted by Crippen LogP contribution is -2.45. The molecule has 0 atom stereocenters. The Morgan fingerprint density at radius 1 is 1.35 bits per heavy atom. The van der Waals surface area contributed by atoms with E-state index in [1.54, 1.807) is 25.1 Å². The molecule has 8 heteroatoms. The summed E-state index contributed by atoms with van der Waals surface area (Å²) in [6.07, 6.45) is 0. The van der Waals surface area contributed by atoms with Crippen molar-refractivity contribution in [2.45, 2.75) is 26.3 Å². The van der Waals surface area contributed by atoms with Gasteiger partial charge in [0.15, 0.2) is 0 Å². The number of carbonyl (C=O) groups is 1. The van der Waals surface area contributed by atoms with Crippen LogP contribution in [-0.2, 0) is 0 Å². The van der Waals surface area contributed by atoms with Crippen molar-refractivity contribution in [1.82, 2.24) is 10.5 Å². The molecule has 1 amide bonds. The Balaban J connectivity index is 0.00000264. The number of aryl methyl sites for hydroxylation is 1. The number of carbonyl (C=O) groups excluding carboxylic acids is 1. The first kappa shape index (κ1) is 19.8. The van der Waals surface area contributed by atoms with Crippen molar-refractivity contribution in [2.24, 2.45) is 5.73 Å². The van der Waals surface area contributed by atoms with Crippen LogP contribution in [0.3, 0.4) is 0 Å². The third-order valence-electron chi connectivity index (χ3n) is 2.99. The molecule has 2 rings (SSSR count). The summed E-state index contributed by atoms with van der Waals surface area (Å²) in [7, 11) is 0. The van der Waals surface area contributed by atoms with Crippen molar-refractivity contribution in [2.75, 3.05) is 6.54 Å². The number of nitrogens with two attached hydrogens (primary N) is 1. The number of hydrogen-bond donors (Lipinski definition) is 2. The largest absolute Gasteiger partial charge is 0.360 e. The summed E-state index contributed by atoms with van der Waals surface area (Å²) in [5, 5.41) is 7.50. The van der Waals surface area contributed by atoms with Gasteiger partial charge in [0.25, 0.3) is 5.91 Å². The Bertz CT molecular complexity index is 688. The second-order valence-electron chi connectivity index (χ2n) is 5.73. The molecule has 23 heavy (non-hydrogen) atoms. The van der Waals surface area contributed by atoms with Crippen LogP contribution in [-0.4, -0.2) is 23.1 Å². The average molecular weight is 379 g/mol. The Morgan fingerprint density at radius 2 is 1.91 bits per heavy atom. The highest BCUT2D eigenvalue weighted by molar-refractivity contribution is 6.39. The number of amides is 1. The first-order valence-corrected chi connectivity index (χ1v) is 7.44. The molecule has 0 unspecified atom stereocenters. The highest BCUT2D eigenvalue weighted by atomic mass is 35.5. The molecule has 126 valence electrons. The Labute approximate surface area is 150 Å². The molecule has 1 aromatic heterocycles. The summed E-state index contributed by atoms with van der Waals surface area (Å²) in [4.78, 5) is 12.4. The second-order valence-corrected chi connectivity index (χ2v) is 6.54. The number of nitrogens with one attached hydrogen (secondary N) is 1. The third kappa shape index (κ3) is 4.61. The van der Waals surface area contributed by atoms with E-state index in [4.69, 9.17) is 33.5 Å². The highest BCUT2D eigenvalue weighted by Crippen LogP contribution is 2.36. The molecule has 5 nitrogen and oxygen atoms in total. The van der Waals surface area contributed by atoms with Gasteiger partial charge in [0, 0.05) is 17.6 Å². The van der Waals surface area contributed by atoms with Crippen molar-refractivity contribution in [3.8, 4) is 11.3 Å². The molecule has 2 aromatic rings. The van der Waals surface area contributed by atoms with Gasteiger partial charge in [0.05, 0.1) is 10.0 Å². The first-order chi connectivity index (χ1) is 10.2. The normalized spacial score (nSPS) is 11.0. The van der Waals surface area contributed by atoms with Crippen molar-refractivity contribution >= 4 is 41.5 Å². The third-order valence-corrected chi connectivity index (χ3v) is 3.62. The molecule has 0 aliphatic carbocycles. The monoisotopic (exact) mass is 377 g/mol. The van der Waals surface area contributed by atoms with Crippen molar-refractivity contribution in [1.29, 1.82) is 0 Å². The van der Waals surface area contributed by atoms with Crippen LogP contribution in [0.5, 0.6) is 0 Å². The van der Waals surface area contributed by atoms with Gasteiger partial charge >= 0.3 is 0 Å². The number of hydrogen-bond acceptors (Lipinski definition) is 4. The van der Waals surface area contributed by atoms with Crippen molar-refractivity contribution in [3.63, 3.8) is 0 Å². The minimum Gasteiger partial charge on any atom is -0.360 e. The Hall–Kier alpha value is -1.27. The molecule has 0 saturated carbocycles. The highest BCUT2D eigenvalue weighted by Gasteiger charge is 2.25. The van der Waals surface area contributed by atoms with Crippen LogP contribution in [0.25, 0.3) is 11.3 Å². The number of rotatable bonds is 4. The number of benzene rings is 1. The van der Waals surface area contributed by atoms with E-state index >= 15 is 0 Å². The topological polar surface area (TPSA) is 81.2 Å². The van der Waals surface area contributed by atoms with E-state index < -0.39 is 5.54 Å². The van der Waals surface area contributed by atoms with Crippen LogP contribution in [0.2, 0.25) is 10.0 Å². The summed E-state index contributed by atoms with van der Waals surface area (Å²) >= 11 is 12.4. The Kier molecular flexibility index (Phi) is 6.48. The minimum atomic E-state index is -0.525. The molecule has 0 radical (unpaired) electrons. The maximum atomic E-state index is 12.4. The fourth-order valence-corrected chi connectivity index (χ4v) is 2.51. The lowest BCUT2D eigenvalue weighted by Gasteiger charge is -2.18. The summed E-state index contributed by atoms with van der Waals surface area (Å²) in [5.41, 5.74) is 6.45. The van der Waals surface area contributed by atoms with Gasteiger partial charge in [-0.15, -0.1) is 12.4 Å². The molecule has 1 aromatic carbocycles. The zero-order valence-corrected chi connectivity index (χ0v) is 15.3. The molecule has 3 N–H and O–H groups in total. The van der Waals surface area contributed by atoms with E-state index in [9.17, 15) is 4.79 Å². The predicted molar refractivity (Wildman–Crippen MR) is 94.5 cm³/mol. The van der Waals surface area contributed by atoms with E-state index in [1.807, 2.05) is 13.8 Å². The number of nitrogens with zero attached hydrogens (tertiary/aromatic N) is 1. The Morgan fingerprint density at radius 3 is 2.43 bits per heavy atom. The molecule has 0 saturated heterocycles. The van der Waals surface area contributed by atoms with Gasteiger partial charge in [0.1, 0.15) is 17.0 Å². The molecular weight excluding hydrogens is 361 g/mol. The van der Waals surface area contributed by atoms with Crippen molar-refractivity contribution in [3.05, 3.63) is 39.6 Å². The van der Waals surface area contributed by atoms with E-state index in [-0.39, 0.29) is 18.3 Å². The lowest BCUT2D eigenvalue weighted by molar-refractivity contribution is 0.0945. The van der Waals surface area contributed by atoms with Crippen LogP contribution < -0.4 is 11.1 Å². The smallest absolute Gasteiger partial charge is 0.257 e. The van der Waals surface area contributed by atoms with Gasteiger partial charge in [-0.3, -0.25) is 4.79 Å². The van der Waals surface area contributed by atoms with Crippen LogP contribution in [0.1, 0.15) is 30.0 Å². The lowest BCUT2D eigenvalue weighted by atomic mass is 10.0. The number of aromatic nitrogens is 1. The molecule has 0 fully saturated rings.